The molecule has 0 aromatic heterocycles. The number of ether oxygens (including phenoxy) is 1. The van der Waals surface area contributed by atoms with Crippen LogP contribution in [0.1, 0.15) is 11.1 Å². The van der Waals surface area contributed by atoms with Crippen molar-refractivity contribution < 1.29 is 13.3 Å². The molecule has 29 heavy (non-hydrogen) atoms. The average molecular weight is 402 g/mol. The zero-order chi connectivity index (χ0) is 20.2. The van der Waals surface area contributed by atoms with Crippen LogP contribution in [0.25, 0.3) is 22.9 Å². The lowest BCUT2D eigenvalue weighted by atomic mass is 10.1. The first-order valence-electron chi connectivity index (χ1n) is 9.17. The minimum Gasteiger partial charge on any atom is -0.495 e. The molecule has 0 spiro atoms. The molecule has 0 aliphatic carbocycles. The zero-order valence-electron chi connectivity index (χ0n) is 15.8. The van der Waals surface area contributed by atoms with Crippen molar-refractivity contribution in [2.45, 2.75) is 9.79 Å². The van der Waals surface area contributed by atoms with Gasteiger partial charge in [0.15, 0.2) is 0 Å². The molecule has 4 aromatic rings. The van der Waals surface area contributed by atoms with E-state index in [0.717, 1.165) is 21.9 Å². The van der Waals surface area contributed by atoms with Crippen LogP contribution in [-0.2, 0) is 10.8 Å². The maximum atomic E-state index is 13.7. The number of halogens is 1. The van der Waals surface area contributed by atoms with Gasteiger partial charge in [0, 0.05) is 5.39 Å². The molecule has 144 valence electrons. The van der Waals surface area contributed by atoms with Crippen molar-refractivity contribution >= 4 is 33.7 Å². The number of hydrogen-bond acceptors (Lipinski definition) is 2. The Balaban J connectivity index is 1.80. The highest BCUT2D eigenvalue weighted by Crippen LogP contribution is 2.34. The predicted molar refractivity (Wildman–Crippen MR) is 117 cm³/mol. The maximum Gasteiger partial charge on any atom is 0.136 e. The van der Waals surface area contributed by atoms with E-state index < -0.39 is 10.8 Å². The molecule has 4 heteroatoms. The van der Waals surface area contributed by atoms with Crippen molar-refractivity contribution in [1.29, 1.82) is 0 Å². The van der Waals surface area contributed by atoms with E-state index in [4.69, 9.17) is 4.74 Å². The number of methoxy groups -OCH3 is 1. The van der Waals surface area contributed by atoms with Crippen molar-refractivity contribution in [2.75, 3.05) is 7.11 Å². The lowest BCUT2D eigenvalue weighted by Crippen LogP contribution is -2.00. The fourth-order valence-electron chi connectivity index (χ4n) is 3.23. The summed E-state index contributed by atoms with van der Waals surface area (Å²) < 4.78 is 32.3. The number of hydrogen-bond donors (Lipinski definition) is 0. The molecule has 0 saturated carbocycles. The summed E-state index contributed by atoms with van der Waals surface area (Å²) in [7, 11) is 0.146. The first kappa shape index (κ1) is 19.1. The smallest absolute Gasteiger partial charge is 0.136 e. The van der Waals surface area contributed by atoms with Crippen LogP contribution in [0.3, 0.4) is 0 Å². The van der Waals surface area contributed by atoms with Gasteiger partial charge in [0.25, 0.3) is 0 Å². The Morgan fingerprint density at radius 2 is 1.55 bits per heavy atom. The molecule has 4 aromatic carbocycles. The van der Waals surface area contributed by atoms with E-state index in [1.807, 2.05) is 72.8 Å². The summed E-state index contributed by atoms with van der Waals surface area (Å²) >= 11 is 0. The van der Waals surface area contributed by atoms with Gasteiger partial charge >= 0.3 is 0 Å². The summed E-state index contributed by atoms with van der Waals surface area (Å²) in [5.41, 5.74) is 1.71. The fourth-order valence-corrected chi connectivity index (χ4v) is 4.72. The Bertz CT molecular complexity index is 1210. The summed E-state index contributed by atoms with van der Waals surface area (Å²) in [4.78, 5) is 1.36. The largest absolute Gasteiger partial charge is 0.495 e. The number of benzene rings is 4. The van der Waals surface area contributed by atoms with Crippen molar-refractivity contribution in [1.82, 2.24) is 0 Å². The highest BCUT2D eigenvalue weighted by molar-refractivity contribution is 7.85. The SMILES string of the molecule is COc1ccc2ccccc2c1[S@](=O)c1ccccc1/C=C/c1ccc(F)cc1. The Hall–Kier alpha value is -3.24. The molecule has 1 atom stereocenters. The van der Waals surface area contributed by atoms with Gasteiger partial charge < -0.3 is 4.74 Å². The topological polar surface area (TPSA) is 26.3 Å². The molecule has 0 heterocycles. The number of rotatable bonds is 5. The minimum atomic E-state index is -1.44. The van der Waals surface area contributed by atoms with E-state index in [0.29, 0.717) is 15.5 Å². The van der Waals surface area contributed by atoms with Crippen LogP contribution in [-0.4, -0.2) is 11.3 Å². The van der Waals surface area contributed by atoms with Crippen molar-refractivity contribution in [2.24, 2.45) is 0 Å². The summed E-state index contributed by atoms with van der Waals surface area (Å²) in [5, 5.41) is 1.92. The van der Waals surface area contributed by atoms with Crippen LogP contribution in [0.4, 0.5) is 4.39 Å². The second kappa shape index (κ2) is 8.41. The molecule has 2 nitrogen and oxygen atoms in total. The van der Waals surface area contributed by atoms with Crippen LogP contribution in [0.2, 0.25) is 0 Å². The van der Waals surface area contributed by atoms with E-state index in [1.165, 1.54) is 12.1 Å². The van der Waals surface area contributed by atoms with Crippen LogP contribution in [0.15, 0.2) is 94.7 Å². The van der Waals surface area contributed by atoms with Gasteiger partial charge in [-0.1, -0.05) is 72.8 Å². The molecule has 0 N–H and O–H groups in total. The van der Waals surface area contributed by atoms with Crippen LogP contribution >= 0.6 is 0 Å². The molecule has 0 bridgehead atoms. The van der Waals surface area contributed by atoms with Gasteiger partial charge in [0.1, 0.15) is 11.6 Å². The lowest BCUT2D eigenvalue weighted by molar-refractivity contribution is 0.405. The van der Waals surface area contributed by atoms with E-state index in [1.54, 1.807) is 19.2 Å². The van der Waals surface area contributed by atoms with Gasteiger partial charge in [0.05, 0.1) is 27.7 Å². The molecule has 0 amide bonds. The molecule has 4 rings (SSSR count). The van der Waals surface area contributed by atoms with Gasteiger partial charge in [-0.15, -0.1) is 0 Å². The predicted octanol–water partition coefficient (Wildman–Crippen LogP) is 6.32. The van der Waals surface area contributed by atoms with Gasteiger partial charge in [-0.05, 0) is 40.8 Å². The third kappa shape index (κ3) is 3.98. The highest BCUT2D eigenvalue weighted by atomic mass is 32.2. The van der Waals surface area contributed by atoms with E-state index in [9.17, 15) is 8.60 Å². The molecule has 0 unspecified atom stereocenters. The Labute approximate surface area is 171 Å². The zero-order valence-corrected chi connectivity index (χ0v) is 16.7. The highest BCUT2D eigenvalue weighted by Gasteiger charge is 2.18. The van der Waals surface area contributed by atoms with Crippen molar-refractivity contribution in [3.05, 3.63) is 102 Å². The Morgan fingerprint density at radius 1 is 0.828 bits per heavy atom. The normalized spacial score (nSPS) is 12.3. The third-order valence-corrected chi connectivity index (χ3v) is 6.26. The van der Waals surface area contributed by atoms with E-state index >= 15 is 0 Å². The Morgan fingerprint density at radius 3 is 2.34 bits per heavy atom. The first-order chi connectivity index (χ1) is 14.2. The second-order valence-electron chi connectivity index (χ2n) is 6.51. The maximum absolute atomic E-state index is 13.7. The summed E-state index contributed by atoms with van der Waals surface area (Å²) in [6, 6.07) is 25.5. The lowest BCUT2D eigenvalue weighted by Gasteiger charge is -2.13. The molecule has 0 radical (unpaired) electrons. The third-order valence-electron chi connectivity index (χ3n) is 4.69. The molecule has 0 saturated heterocycles. The number of fused-ring (bicyclic) bond motifs is 1. The van der Waals surface area contributed by atoms with Crippen molar-refractivity contribution in [3.63, 3.8) is 0 Å². The van der Waals surface area contributed by atoms with Crippen LogP contribution in [0.5, 0.6) is 5.75 Å². The first-order valence-corrected chi connectivity index (χ1v) is 10.3. The van der Waals surface area contributed by atoms with E-state index in [2.05, 4.69) is 0 Å². The molecule has 0 aliphatic rings. The van der Waals surface area contributed by atoms with Gasteiger partial charge in [0.2, 0.25) is 0 Å². The molecule has 0 aliphatic heterocycles. The standard InChI is InChI=1S/C25H19FO2S/c1-28-23-17-14-19-6-2-4-8-22(19)25(23)29(27)24-9-5-3-7-20(24)13-10-18-11-15-21(26)16-12-18/h2-17H,1H3/b13-10+/t29-/m1/s1. The average Bonchev–Trinajstić information content (AvgIpc) is 2.77. The van der Waals surface area contributed by atoms with Gasteiger partial charge in [-0.3, -0.25) is 0 Å². The fraction of sp³-hybridized carbons (Fsp3) is 0.0400. The van der Waals surface area contributed by atoms with Crippen LogP contribution < -0.4 is 4.74 Å². The summed E-state index contributed by atoms with van der Waals surface area (Å²) in [5.74, 6) is 0.325. The second-order valence-corrected chi connectivity index (χ2v) is 7.90. The molecule has 0 fully saturated rings. The quantitative estimate of drug-likeness (QED) is 0.365. The van der Waals surface area contributed by atoms with Gasteiger partial charge in [-0.25, -0.2) is 8.60 Å². The minimum absolute atomic E-state index is 0.272. The summed E-state index contributed by atoms with van der Waals surface area (Å²) in [6.07, 6.45) is 3.79. The van der Waals surface area contributed by atoms with E-state index in [-0.39, 0.29) is 5.82 Å². The molecular weight excluding hydrogens is 383 g/mol. The molecular formula is C25H19FO2S. The van der Waals surface area contributed by atoms with Gasteiger partial charge in [-0.2, -0.15) is 0 Å². The van der Waals surface area contributed by atoms with Crippen LogP contribution in [0, 0.1) is 5.82 Å². The summed E-state index contributed by atoms with van der Waals surface area (Å²) in [6.45, 7) is 0. The Kier molecular flexibility index (Phi) is 5.54. The monoisotopic (exact) mass is 402 g/mol. The van der Waals surface area contributed by atoms with Crippen molar-refractivity contribution in [3.8, 4) is 5.75 Å².